The van der Waals surface area contributed by atoms with Gasteiger partial charge in [-0.25, -0.2) is 0 Å². The molecule has 1 saturated carbocycles. The van der Waals surface area contributed by atoms with Crippen LogP contribution in [0.3, 0.4) is 0 Å². The lowest BCUT2D eigenvalue weighted by molar-refractivity contribution is 0.0735. The van der Waals surface area contributed by atoms with Gasteiger partial charge in [-0.15, -0.1) is 5.53 Å². The minimum atomic E-state index is -0.253. The molecule has 1 aromatic carbocycles. The summed E-state index contributed by atoms with van der Waals surface area (Å²) < 4.78 is 5.17. The Balaban J connectivity index is 1.31. The van der Waals surface area contributed by atoms with E-state index in [4.69, 9.17) is 9.63 Å². The molecule has 0 radical (unpaired) electrons. The number of carbonyl (C=O) groups excluding carboxylic acids is 1. The number of hydrogen-bond acceptors (Lipinski definition) is 7. The van der Waals surface area contributed by atoms with Gasteiger partial charge in [-0.3, -0.25) is 9.80 Å². The number of hydrazine groups is 2. The number of rotatable bonds is 5. The van der Waals surface area contributed by atoms with Gasteiger partial charge < -0.3 is 20.4 Å². The van der Waals surface area contributed by atoms with Crippen molar-refractivity contribution in [2.45, 2.75) is 24.9 Å². The zero-order valence-corrected chi connectivity index (χ0v) is 13.5. The molecule has 0 spiro atoms. The molecule has 2 heterocycles. The fourth-order valence-electron chi connectivity index (χ4n) is 2.96. The van der Waals surface area contributed by atoms with Gasteiger partial charge in [-0.1, -0.05) is 35.5 Å². The first-order valence-electron chi connectivity index (χ1n) is 8.17. The molecular weight excluding hydrogens is 322 g/mol. The van der Waals surface area contributed by atoms with Crippen LogP contribution >= 0.6 is 0 Å². The van der Waals surface area contributed by atoms with Gasteiger partial charge in [0.05, 0.1) is 18.3 Å². The fourth-order valence-corrected chi connectivity index (χ4v) is 2.96. The third-order valence-corrected chi connectivity index (χ3v) is 4.46. The molecule has 4 N–H and O–H groups in total. The molecule has 130 valence electrons. The fraction of sp³-hybridized carbons (Fsp3) is 0.294. The van der Waals surface area contributed by atoms with E-state index in [1.54, 1.807) is 6.07 Å². The number of amides is 1. The second kappa shape index (κ2) is 6.58. The smallest absolute Gasteiger partial charge is 0.290 e. The second-order valence-electron chi connectivity index (χ2n) is 6.19. The molecule has 2 aromatic rings. The number of carbonyl (C=O) groups is 1. The van der Waals surface area contributed by atoms with E-state index >= 15 is 0 Å². The van der Waals surface area contributed by atoms with Gasteiger partial charge in [0.2, 0.25) is 5.76 Å². The Labute approximate surface area is 144 Å². The number of aromatic nitrogens is 1. The standard InChI is InChI=1S/C17H19N5O3/c23-10-13-9-22(21-19-13)14-6-12(7-14)18-17(24)16-8-15(20-25-16)11-4-2-1-3-5-11/h1-5,8-9,12,14,19,21,23H,6-7,10H2,(H,18,24)/t12-,14+. The van der Waals surface area contributed by atoms with E-state index < -0.39 is 0 Å². The molecule has 1 aromatic heterocycles. The highest BCUT2D eigenvalue weighted by Crippen LogP contribution is 2.27. The summed E-state index contributed by atoms with van der Waals surface area (Å²) in [7, 11) is 0. The quantitative estimate of drug-likeness (QED) is 0.637. The summed E-state index contributed by atoms with van der Waals surface area (Å²) in [6.45, 7) is -0.0361. The highest BCUT2D eigenvalue weighted by Gasteiger charge is 2.35. The predicted molar refractivity (Wildman–Crippen MR) is 89.5 cm³/mol. The Hall–Kier alpha value is -2.84. The van der Waals surface area contributed by atoms with Crippen LogP contribution in [0.15, 0.2) is 52.8 Å². The van der Waals surface area contributed by atoms with Crippen LogP contribution in [0, 0.1) is 0 Å². The minimum absolute atomic E-state index is 0.0361. The maximum absolute atomic E-state index is 12.3. The van der Waals surface area contributed by atoms with Gasteiger partial charge in [0.25, 0.3) is 5.91 Å². The third-order valence-electron chi connectivity index (χ3n) is 4.46. The van der Waals surface area contributed by atoms with Gasteiger partial charge in [-0.2, -0.15) is 0 Å². The van der Waals surface area contributed by atoms with Crippen molar-refractivity contribution in [3.05, 3.63) is 54.1 Å². The van der Waals surface area contributed by atoms with Crippen LogP contribution in [-0.4, -0.2) is 39.9 Å². The second-order valence-corrected chi connectivity index (χ2v) is 6.19. The Morgan fingerprint density at radius 2 is 2.16 bits per heavy atom. The van der Waals surface area contributed by atoms with Crippen molar-refractivity contribution in [2.75, 3.05) is 6.61 Å². The summed E-state index contributed by atoms with van der Waals surface area (Å²) in [5.74, 6) is -0.0389. The summed E-state index contributed by atoms with van der Waals surface area (Å²) in [4.78, 5) is 12.3. The maximum Gasteiger partial charge on any atom is 0.290 e. The largest absolute Gasteiger partial charge is 0.390 e. The monoisotopic (exact) mass is 341 g/mol. The van der Waals surface area contributed by atoms with Crippen molar-refractivity contribution in [1.82, 2.24) is 26.4 Å². The zero-order valence-electron chi connectivity index (χ0n) is 13.5. The third kappa shape index (κ3) is 3.21. The molecule has 8 nitrogen and oxygen atoms in total. The average molecular weight is 341 g/mol. The topological polar surface area (TPSA) is 103 Å². The lowest BCUT2D eigenvalue weighted by Crippen LogP contribution is -2.55. The van der Waals surface area contributed by atoms with Crippen LogP contribution < -0.4 is 16.3 Å². The molecule has 25 heavy (non-hydrogen) atoms. The highest BCUT2D eigenvalue weighted by molar-refractivity contribution is 5.92. The molecule has 1 amide bonds. The minimum Gasteiger partial charge on any atom is -0.390 e. The summed E-state index contributed by atoms with van der Waals surface area (Å²) in [6.07, 6.45) is 3.47. The van der Waals surface area contributed by atoms with Gasteiger partial charge in [0.1, 0.15) is 5.69 Å². The molecule has 8 heteroatoms. The van der Waals surface area contributed by atoms with Crippen LogP contribution in [0.4, 0.5) is 0 Å². The van der Waals surface area contributed by atoms with E-state index in [1.165, 1.54) is 0 Å². The van der Waals surface area contributed by atoms with E-state index in [1.807, 2.05) is 41.5 Å². The average Bonchev–Trinajstić information content (AvgIpc) is 3.27. The van der Waals surface area contributed by atoms with E-state index in [0.717, 1.165) is 24.1 Å². The van der Waals surface area contributed by atoms with E-state index in [9.17, 15) is 4.79 Å². The van der Waals surface area contributed by atoms with Crippen molar-refractivity contribution in [3.8, 4) is 11.3 Å². The maximum atomic E-state index is 12.3. The van der Waals surface area contributed by atoms with Gasteiger partial charge >= 0.3 is 0 Å². The van der Waals surface area contributed by atoms with Crippen LogP contribution in [-0.2, 0) is 0 Å². The molecule has 0 atom stereocenters. The van der Waals surface area contributed by atoms with Crippen molar-refractivity contribution >= 4 is 5.91 Å². The summed E-state index contributed by atoms with van der Waals surface area (Å²) in [5.41, 5.74) is 8.14. The predicted octanol–water partition coefficient (Wildman–Crippen LogP) is 0.761. The number of nitrogens with one attached hydrogen (secondary N) is 3. The van der Waals surface area contributed by atoms with Crippen LogP contribution in [0.5, 0.6) is 0 Å². The van der Waals surface area contributed by atoms with Gasteiger partial charge in [-0.05, 0) is 12.8 Å². The number of aliphatic hydroxyl groups excluding tert-OH is 1. The first-order valence-corrected chi connectivity index (χ1v) is 8.17. The summed E-state index contributed by atoms with van der Waals surface area (Å²) in [6, 6.07) is 11.6. The molecule has 4 rings (SSSR count). The number of nitrogens with zero attached hydrogens (tertiary/aromatic N) is 2. The Kier molecular flexibility index (Phi) is 4.12. The molecule has 1 fully saturated rings. The Morgan fingerprint density at radius 3 is 2.88 bits per heavy atom. The number of benzene rings is 1. The molecule has 1 aliphatic heterocycles. The molecule has 1 aliphatic carbocycles. The Morgan fingerprint density at radius 1 is 1.36 bits per heavy atom. The Bertz CT molecular complexity index is 783. The van der Waals surface area contributed by atoms with Crippen molar-refractivity contribution in [2.24, 2.45) is 0 Å². The van der Waals surface area contributed by atoms with E-state index in [-0.39, 0.29) is 30.4 Å². The van der Waals surface area contributed by atoms with Crippen molar-refractivity contribution in [1.29, 1.82) is 0 Å². The number of hydrogen-bond donors (Lipinski definition) is 4. The van der Waals surface area contributed by atoms with Crippen LogP contribution in [0.1, 0.15) is 23.4 Å². The lowest BCUT2D eigenvalue weighted by atomic mass is 9.86. The summed E-state index contributed by atoms with van der Waals surface area (Å²) >= 11 is 0. The van der Waals surface area contributed by atoms with Gasteiger partial charge in [0, 0.05) is 23.9 Å². The molecule has 2 aliphatic rings. The van der Waals surface area contributed by atoms with Crippen molar-refractivity contribution < 1.29 is 14.4 Å². The first-order chi connectivity index (χ1) is 12.2. The van der Waals surface area contributed by atoms with Crippen LogP contribution in [0.2, 0.25) is 0 Å². The van der Waals surface area contributed by atoms with E-state index in [2.05, 4.69) is 21.4 Å². The first kappa shape index (κ1) is 15.7. The molecule has 0 saturated heterocycles. The van der Waals surface area contributed by atoms with E-state index in [0.29, 0.717) is 5.69 Å². The highest BCUT2D eigenvalue weighted by atomic mass is 16.5. The summed E-state index contributed by atoms with van der Waals surface area (Å²) in [5, 5.41) is 17.9. The van der Waals surface area contributed by atoms with Gasteiger partial charge in [0.15, 0.2) is 0 Å². The molecule has 0 bridgehead atoms. The molecular formula is C17H19N5O3. The van der Waals surface area contributed by atoms with Crippen molar-refractivity contribution in [3.63, 3.8) is 0 Å². The van der Waals surface area contributed by atoms with Crippen LogP contribution in [0.25, 0.3) is 11.3 Å². The normalized spacial score (nSPS) is 22.1. The number of aliphatic hydroxyl groups is 1. The zero-order chi connectivity index (χ0) is 17.2. The molecule has 0 unspecified atom stereocenters. The lowest BCUT2D eigenvalue weighted by Gasteiger charge is -2.40. The SMILES string of the molecule is O=C(N[C@H]1C[C@@H](N2C=C(CO)NN2)C1)c1cc(-c2ccccc2)no1.